The Morgan fingerprint density at radius 2 is 1.78 bits per heavy atom. The first-order chi connectivity index (χ1) is 12.6. The van der Waals surface area contributed by atoms with Crippen LogP contribution < -0.4 is 10.4 Å². The van der Waals surface area contributed by atoms with Gasteiger partial charge in [0.1, 0.15) is 4.90 Å². The molecule has 0 fully saturated rings. The maximum absolute atomic E-state index is 12.5. The van der Waals surface area contributed by atoms with Crippen LogP contribution in [0.3, 0.4) is 0 Å². The molecule has 0 aliphatic heterocycles. The highest BCUT2D eigenvalue weighted by Gasteiger charge is 2.23. The summed E-state index contributed by atoms with van der Waals surface area (Å²) < 4.78 is 25.6. The van der Waals surface area contributed by atoms with Gasteiger partial charge in [-0.15, -0.1) is 0 Å². The van der Waals surface area contributed by atoms with Crippen LogP contribution in [0.5, 0.6) is 0 Å². The highest BCUT2D eigenvalue weighted by molar-refractivity contribution is 7.89. The summed E-state index contributed by atoms with van der Waals surface area (Å²) in [6, 6.07) is 11.2. The lowest BCUT2D eigenvalue weighted by atomic mass is 10.1. The van der Waals surface area contributed by atoms with Crippen LogP contribution in [0, 0.1) is 0 Å². The summed E-state index contributed by atoms with van der Waals surface area (Å²) in [6.45, 7) is 0. The van der Waals surface area contributed by atoms with Gasteiger partial charge in [0.05, 0.1) is 17.0 Å². The number of nitrogens with one attached hydrogen (secondary N) is 1. The van der Waals surface area contributed by atoms with Gasteiger partial charge in [0.25, 0.3) is 5.91 Å². The van der Waals surface area contributed by atoms with Crippen molar-refractivity contribution >= 4 is 33.5 Å². The zero-order chi connectivity index (χ0) is 20.2. The van der Waals surface area contributed by atoms with Gasteiger partial charge in [0.2, 0.25) is 10.0 Å². The van der Waals surface area contributed by atoms with Gasteiger partial charge >= 0.3 is 0 Å². The van der Waals surface area contributed by atoms with Crippen molar-refractivity contribution in [1.82, 2.24) is 9.62 Å². The summed E-state index contributed by atoms with van der Waals surface area (Å²) in [6.07, 6.45) is 0.0331. The predicted octanol–water partition coefficient (Wildman–Crippen LogP) is 0.681. The molecule has 0 aromatic heterocycles. The van der Waals surface area contributed by atoms with Crippen LogP contribution in [-0.4, -0.2) is 44.7 Å². The van der Waals surface area contributed by atoms with E-state index < -0.39 is 27.9 Å². The third-order valence-electron chi connectivity index (χ3n) is 3.82. The number of nitrogens with zero attached hydrogens (tertiary/aromatic N) is 1. The molecule has 0 saturated carbocycles. The molecule has 0 bridgehead atoms. The summed E-state index contributed by atoms with van der Waals surface area (Å²) in [7, 11) is -1.19. The molecule has 1 N–H and O–H groups in total. The van der Waals surface area contributed by atoms with Crippen LogP contribution in [0.1, 0.15) is 15.9 Å². The number of rotatable bonds is 7. The van der Waals surface area contributed by atoms with Crippen LogP contribution in [0.15, 0.2) is 53.4 Å². The zero-order valence-electron chi connectivity index (χ0n) is 14.7. The molecule has 9 heteroatoms. The second-order valence-corrected chi connectivity index (χ2v) is 8.49. The lowest BCUT2D eigenvalue weighted by Gasteiger charge is -2.20. The Morgan fingerprint density at radius 1 is 1.15 bits per heavy atom. The molecule has 2 rings (SSSR count). The number of benzene rings is 2. The number of amides is 1. The fourth-order valence-corrected chi connectivity index (χ4v) is 3.72. The predicted molar refractivity (Wildman–Crippen MR) is 98.7 cm³/mol. The first kappa shape index (κ1) is 20.9. The van der Waals surface area contributed by atoms with Gasteiger partial charge in [0.15, 0.2) is 0 Å². The summed E-state index contributed by atoms with van der Waals surface area (Å²) in [5, 5.41) is 13.7. The molecule has 27 heavy (non-hydrogen) atoms. The Hall–Kier alpha value is -2.42. The average Bonchev–Trinajstić information content (AvgIpc) is 2.61. The van der Waals surface area contributed by atoms with E-state index in [0.717, 1.165) is 10.4 Å². The van der Waals surface area contributed by atoms with E-state index in [9.17, 15) is 23.1 Å². The topological polar surface area (TPSA) is 107 Å². The number of carboxylic acids is 1. The molecule has 0 heterocycles. The average molecular weight is 410 g/mol. The first-order valence-corrected chi connectivity index (χ1v) is 9.72. The maximum Gasteiger partial charge on any atom is 0.251 e. The molecule has 0 unspecified atom stereocenters. The van der Waals surface area contributed by atoms with Crippen molar-refractivity contribution in [3.63, 3.8) is 0 Å². The maximum atomic E-state index is 12.5. The van der Waals surface area contributed by atoms with Crippen molar-refractivity contribution < 1.29 is 23.1 Å². The summed E-state index contributed by atoms with van der Waals surface area (Å²) >= 11 is 5.95. The molecule has 7 nitrogen and oxygen atoms in total. The van der Waals surface area contributed by atoms with Gasteiger partial charge < -0.3 is 15.2 Å². The molecule has 1 atom stereocenters. The number of hydrogen-bond acceptors (Lipinski definition) is 5. The number of carboxylic acid groups (broad SMARTS) is 1. The molecule has 2 aromatic rings. The van der Waals surface area contributed by atoms with E-state index in [-0.39, 0.29) is 21.9 Å². The van der Waals surface area contributed by atoms with E-state index in [0.29, 0.717) is 5.56 Å². The molecule has 1 amide bonds. The van der Waals surface area contributed by atoms with E-state index in [4.69, 9.17) is 11.6 Å². The highest BCUT2D eigenvalue weighted by Crippen LogP contribution is 2.24. The van der Waals surface area contributed by atoms with Crippen LogP contribution >= 0.6 is 11.6 Å². The molecule has 0 radical (unpaired) electrons. The number of sulfonamides is 1. The first-order valence-electron chi connectivity index (χ1n) is 7.90. The number of carbonyl (C=O) groups is 2. The summed E-state index contributed by atoms with van der Waals surface area (Å²) in [5.74, 6) is -2.19. The van der Waals surface area contributed by atoms with Crippen LogP contribution in [0.25, 0.3) is 0 Å². The third kappa shape index (κ3) is 5.06. The molecule has 0 aliphatic rings. The Labute approximate surface area is 162 Å². The van der Waals surface area contributed by atoms with E-state index in [2.05, 4.69) is 5.32 Å². The van der Waals surface area contributed by atoms with Crippen LogP contribution in [0.4, 0.5) is 0 Å². The Bertz CT molecular complexity index is 945. The van der Waals surface area contributed by atoms with Gasteiger partial charge in [-0.2, -0.15) is 0 Å². The van der Waals surface area contributed by atoms with Gasteiger partial charge in [-0.25, -0.2) is 12.7 Å². The van der Waals surface area contributed by atoms with Crippen molar-refractivity contribution in [3.05, 3.63) is 64.7 Å². The molecular formula is C18H18ClN2O5S-. The quantitative estimate of drug-likeness (QED) is 0.723. The standard InChI is InChI=1S/C18H19ClN2O5S/c1-21(2)27(25,26)16-11-13(8-9-14(16)19)17(22)20-15(18(23)24)10-12-6-4-3-5-7-12/h3-9,11,15H,10H2,1-2H3,(H,20,22)(H,23,24)/p-1/t15-/m0/s1. The lowest BCUT2D eigenvalue weighted by Crippen LogP contribution is -2.49. The molecule has 144 valence electrons. The lowest BCUT2D eigenvalue weighted by molar-refractivity contribution is -0.308. The number of hydrogen-bond donors (Lipinski definition) is 1. The van der Waals surface area contributed by atoms with Crippen molar-refractivity contribution in [2.24, 2.45) is 0 Å². The fraction of sp³-hybridized carbons (Fsp3) is 0.222. The second kappa shape index (κ2) is 8.51. The molecular weight excluding hydrogens is 392 g/mol. The molecule has 0 aliphatic carbocycles. The minimum Gasteiger partial charge on any atom is -0.548 e. The van der Waals surface area contributed by atoms with E-state index in [1.165, 1.54) is 26.2 Å². The second-order valence-electron chi connectivity index (χ2n) is 5.97. The van der Waals surface area contributed by atoms with Crippen molar-refractivity contribution in [2.75, 3.05) is 14.1 Å². The highest BCUT2D eigenvalue weighted by atomic mass is 35.5. The number of halogens is 1. The van der Waals surface area contributed by atoms with Crippen LogP contribution in [-0.2, 0) is 21.2 Å². The fourth-order valence-electron chi connectivity index (χ4n) is 2.32. The number of aliphatic carboxylic acids is 1. The minimum absolute atomic E-state index is 0.0286. The van der Waals surface area contributed by atoms with Gasteiger partial charge in [-0.3, -0.25) is 4.79 Å². The van der Waals surface area contributed by atoms with E-state index >= 15 is 0 Å². The molecule has 0 spiro atoms. The monoisotopic (exact) mass is 409 g/mol. The Balaban J connectivity index is 2.27. The van der Waals surface area contributed by atoms with Crippen molar-refractivity contribution in [1.29, 1.82) is 0 Å². The van der Waals surface area contributed by atoms with Crippen LogP contribution in [0.2, 0.25) is 5.02 Å². The van der Waals surface area contributed by atoms with Gasteiger partial charge in [-0.05, 0) is 30.2 Å². The zero-order valence-corrected chi connectivity index (χ0v) is 16.3. The summed E-state index contributed by atoms with van der Waals surface area (Å²) in [4.78, 5) is 23.6. The Kier molecular flexibility index (Phi) is 6.59. The minimum atomic E-state index is -3.86. The van der Waals surface area contributed by atoms with Gasteiger partial charge in [0, 0.05) is 19.7 Å². The van der Waals surface area contributed by atoms with E-state index in [1.807, 2.05) is 0 Å². The SMILES string of the molecule is CN(C)S(=O)(=O)c1cc(C(=O)N[C@@H](Cc2ccccc2)C(=O)[O-])ccc1Cl. The van der Waals surface area contributed by atoms with Crippen molar-refractivity contribution in [2.45, 2.75) is 17.4 Å². The van der Waals surface area contributed by atoms with E-state index in [1.54, 1.807) is 30.3 Å². The summed E-state index contributed by atoms with van der Waals surface area (Å²) in [5.41, 5.74) is 0.679. The molecule has 2 aromatic carbocycles. The largest absolute Gasteiger partial charge is 0.548 e. The smallest absolute Gasteiger partial charge is 0.251 e. The van der Waals surface area contributed by atoms with Crippen molar-refractivity contribution in [3.8, 4) is 0 Å². The Morgan fingerprint density at radius 3 is 2.33 bits per heavy atom. The molecule has 0 saturated heterocycles. The van der Waals surface area contributed by atoms with Gasteiger partial charge in [-0.1, -0.05) is 41.9 Å². The number of carbonyl (C=O) groups excluding carboxylic acids is 2. The normalized spacial score (nSPS) is 12.6. The third-order valence-corrected chi connectivity index (χ3v) is 6.12.